The first-order valence-corrected chi connectivity index (χ1v) is 7.82. The molecule has 0 fully saturated rings. The van der Waals surface area contributed by atoms with Crippen LogP contribution >= 0.6 is 15.9 Å². The smallest absolute Gasteiger partial charge is 0.347 e. The molecule has 1 unspecified atom stereocenters. The van der Waals surface area contributed by atoms with Crippen molar-refractivity contribution < 1.29 is 14.3 Å². The Hall–Kier alpha value is -1.03. The fourth-order valence-corrected chi connectivity index (χ4v) is 2.36. The number of rotatable bonds is 7. The van der Waals surface area contributed by atoms with Crippen molar-refractivity contribution in [1.82, 2.24) is 0 Å². The van der Waals surface area contributed by atoms with E-state index in [1.165, 1.54) is 7.11 Å². The monoisotopic (exact) mass is 342 g/mol. The molecule has 0 bridgehead atoms. The maximum absolute atomic E-state index is 11.8. The highest BCUT2D eigenvalue weighted by molar-refractivity contribution is 9.10. The second kappa shape index (κ2) is 8.30. The summed E-state index contributed by atoms with van der Waals surface area (Å²) in [6.45, 7) is 6.30. The van der Waals surface area contributed by atoms with Crippen LogP contribution in [0.3, 0.4) is 0 Å². The summed E-state index contributed by atoms with van der Waals surface area (Å²) in [5.74, 6) is 0.776. The van der Waals surface area contributed by atoms with Crippen LogP contribution in [0, 0.1) is 0 Å². The van der Waals surface area contributed by atoms with E-state index in [4.69, 9.17) is 9.47 Å². The zero-order valence-corrected chi connectivity index (χ0v) is 14.2. The Kier molecular flexibility index (Phi) is 7.06. The van der Waals surface area contributed by atoms with E-state index in [1.54, 1.807) is 0 Å². The number of halogens is 1. The number of methoxy groups -OCH3 is 1. The van der Waals surface area contributed by atoms with Crippen LogP contribution in [0.15, 0.2) is 22.7 Å². The van der Waals surface area contributed by atoms with Crippen LogP contribution in [-0.4, -0.2) is 19.2 Å². The largest absolute Gasteiger partial charge is 0.478 e. The lowest BCUT2D eigenvalue weighted by Crippen LogP contribution is -2.29. The fourth-order valence-electron chi connectivity index (χ4n) is 1.98. The van der Waals surface area contributed by atoms with Gasteiger partial charge in [0.15, 0.2) is 6.10 Å². The van der Waals surface area contributed by atoms with Crippen LogP contribution < -0.4 is 4.74 Å². The van der Waals surface area contributed by atoms with E-state index in [0.29, 0.717) is 12.3 Å². The molecule has 1 rings (SSSR count). The second-order valence-electron chi connectivity index (χ2n) is 5.11. The molecule has 0 saturated carbocycles. The number of carbonyl (C=O) groups excluding carboxylic acids is 1. The van der Waals surface area contributed by atoms with Gasteiger partial charge in [-0.1, -0.05) is 43.1 Å². The summed E-state index contributed by atoms with van der Waals surface area (Å²) >= 11 is 3.47. The van der Waals surface area contributed by atoms with Gasteiger partial charge in [-0.15, -0.1) is 0 Å². The molecule has 0 radical (unpaired) electrons. The Morgan fingerprint density at radius 1 is 1.35 bits per heavy atom. The van der Waals surface area contributed by atoms with Gasteiger partial charge in [0.25, 0.3) is 0 Å². The first kappa shape index (κ1) is 17.0. The number of unbranched alkanes of at least 4 members (excludes halogenated alkanes) is 1. The minimum atomic E-state index is -0.529. The minimum absolute atomic E-state index is 0.309. The van der Waals surface area contributed by atoms with Gasteiger partial charge in [-0.3, -0.25) is 0 Å². The van der Waals surface area contributed by atoms with E-state index in [9.17, 15) is 4.79 Å². The first-order valence-electron chi connectivity index (χ1n) is 7.03. The van der Waals surface area contributed by atoms with Crippen molar-refractivity contribution in [2.24, 2.45) is 0 Å². The Bertz CT molecular complexity index is 443. The fraction of sp³-hybridized carbons (Fsp3) is 0.562. The Labute approximate surface area is 129 Å². The molecule has 0 aliphatic heterocycles. The number of carbonyl (C=O) groups is 1. The quantitative estimate of drug-likeness (QED) is 0.674. The molecule has 3 nitrogen and oxygen atoms in total. The molecule has 1 aromatic rings. The van der Waals surface area contributed by atoms with Gasteiger partial charge in [-0.05, 0) is 42.5 Å². The molecule has 0 spiro atoms. The van der Waals surface area contributed by atoms with Crippen molar-refractivity contribution in [3.63, 3.8) is 0 Å². The third-order valence-corrected chi connectivity index (χ3v) is 3.64. The summed E-state index contributed by atoms with van der Waals surface area (Å²) in [4.78, 5) is 11.8. The van der Waals surface area contributed by atoms with E-state index in [1.807, 2.05) is 18.2 Å². The van der Waals surface area contributed by atoms with Crippen LogP contribution in [0.1, 0.15) is 51.5 Å². The summed E-state index contributed by atoms with van der Waals surface area (Å²) in [6.07, 6.45) is 2.11. The number of benzene rings is 1. The van der Waals surface area contributed by atoms with Crippen LogP contribution in [0.4, 0.5) is 0 Å². The lowest BCUT2D eigenvalue weighted by molar-refractivity contribution is -0.149. The highest BCUT2D eigenvalue weighted by atomic mass is 79.9. The Morgan fingerprint density at radius 2 is 2.05 bits per heavy atom. The first-order chi connectivity index (χ1) is 9.49. The molecular weight excluding hydrogens is 320 g/mol. The Balaban J connectivity index is 2.95. The summed E-state index contributed by atoms with van der Waals surface area (Å²) in [6, 6.07) is 5.87. The third kappa shape index (κ3) is 4.82. The third-order valence-electron chi connectivity index (χ3n) is 3.15. The molecule has 0 saturated heterocycles. The molecule has 20 heavy (non-hydrogen) atoms. The van der Waals surface area contributed by atoms with Gasteiger partial charge in [0.05, 0.1) is 7.11 Å². The van der Waals surface area contributed by atoms with E-state index in [0.717, 1.165) is 28.6 Å². The molecule has 0 heterocycles. The Morgan fingerprint density at radius 3 is 2.60 bits per heavy atom. The van der Waals surface area contributed by atoms with Gasteiger partial charge in [0.1, 0.15) is 5.75 Å². The molecule has 112 valence electrons. The molecule has 0 amide bonds. The molecule has 0 N–H and O–H groups in total. The van der Waals surface area contributed by atoms with E-state index in [-0.39, 0.29) is 5.97 Å². The SMILES string of the molecule is CCCCC(Oc1ccc(Br)cc1C(C)C)C(=O)OC. The summed E-state index contributed by atoms with van der Waals surface area (Å²) in [5, 5.41) is 0. The van der Waals surface area contributed by atoms with Crippen LogP contribution in [-0.2, 0) is 9.53 Å². The van der Waals surface area contributed by atoms with Crippen molar-refractivity contribution in [1.29, 1.82) is 0 Å². The normalized spacial score (nSPS) is 12.3. The molecule has 1 atom stereocenters. The molecular formula is C16H23BrO3. The molecule has 0 aromatic heterocycles. The van der Waals surface area contributed by atoms with Crippen LogP contribution in [0.5, 0.6) is 5.75 Å². The number of hydrogen-bond donors (Lipinski definition) is 0. The van der Waals surface area contributed by atoms with Gasteiger partial charge in [-0.2, -0.15) is 0 Å². The van der Waals surface area contributed by atoms with Gasteiger partial charge in [0, 0.05) is 4.47 Å². The van der Waals surface area contributed by atoms with E-state index >= 15 is 0 Å². The maximum atomic E-state index is 11.8. The highest BCUT2D eigenvalue weighted by Gasteiger charge is 2.22. The highest BCUT2D eigenvalue weighted by Crippen LogP contribution is 2.30. The summed E-state index contributed by atoms with van der Waals surface area (Å²) < 4.78 is 11.8. The average Bonchev–Trinajstić information content (AvgIpc) is 2.43. The van der Waals surface area contributed by atoms with Gasteiger partial charge >= 0.3 is 5.97 Å². The number of ether oxygens (including phenoxy) is 2. The zero-order chi connectivity index (χ0) is 15.1. The minimum Gasteiger partial charge on any atom is -0.478 e. The van der Waals surface area contributed by atoms with E-state index < -0.39 is 6.10 Å². The average molecular weight is 343 g/mol. The van der Waals surface area contributed by atoms with Crippen molar-refractivity contribution >= 4 is 21.9 Å². The number of hydrogen-bond acceptors (Lipinski definition) is 3. The van der Waals surface area contributed by atoms with Crippen molar-refractivity contribution in [3.05, 3.63) is 28.2 Å². The molecule has 1 aromatic carbocycles. The summed E-state index contributed by atoms with van der Waals surface area (Å²) in [5.41, 5.74) is 1.09. The predicted molar refractivity (Wildman–Crippen MR) is 84.2 cm³/mol. The standard InChI is InChI=1S/C16H23BrO3/c1-5-6-7-15(16(18)19-4)20-14-9-8-12(17)10-13(14)11(2)3/h8-11,15H,5-7H2,1-4H3. The van der Waals surface area contributed by atoms with Crippen LogP contribution in [0.2, 0.25) is 0 Å². The maximum Gasteiger partial charge on any atom is 0.347 e. The van der Waals surface area contributed by atoms with Crippen LogP contribution in [0.25, 0.3) is 0 Å². The predicted octanol–water partition coefficient (Wildman–Crippen LogP) is 4.68. The number of esters is 1. The van der Waals surface area contributed by atoms with Gasteiger partial charge in [0.2, 0.25) is 0 Å². The van der Waals surface area contributed by atoms with E-state index in [2.05, 4.69) is 36.7 Å². The molecule has 4 heteroatoms. The topological polar surface area (TPSA) is 35.5 Å². The van der Waals surface area contributed by atoms with Gasteiger partial charge in [-0.25, -0.2) is 4.79 Å². The van der Waals surface area contributed by atoms with Crippen molar-refractivity contribution in [2.45, 2.75) is 52.1 Å². The van der Waals surface area contributed by atoms with Crippen molar-refractivity contribution in [2.75, 3.05) is 7.11 Å². The van der Waals surface area contributed by atoms with Crippen molar-refractivity contribution in [3.8, 4) is 5.75 Å². The molecule has 0 aliphatic carbocycles. The molecule has 0 aliphatic rings. The van der Waals surface area contributed by atoms with Gasteiger partial charge < -0.3 is 9.47 Å². The lowest BCUT2D eigenvalue weighted by Gasteiger charge is -2.20. The lowest BCUT2D eigenvalue weighted by atomic mass is 10.0. The zero-order valence-electron chi connectivity index (χ0n) is 12.6. The second-order valence-corrected chi connectivity index (χ2v) is 6.02. The summed E-state index contributed by atoms with van der Waals surface area (Å²) in [7, 11) is 1.40.